The summed E-state index contributed by atoms with van der Waals surface area (Å²) in [5, 5.41) is 0. The molecule has 1 aromatic heterocycles. The van der Waals surface area contributed by atoms with E-state index in [0.29, 0.717) is 5.69 Å². The van der Waals surface area contributed by atoms with E-state index in [-0.39, 0.29) is 5.91 Å². The molecular weight excluding hydrogens is 284 g/mol. The zero-order valence-electron chi connectivity index (χ0n) is 12.3. The third-order valence-electron chi connectivity index (χ3n) is 3.77. The molecule has 5 heteroatoms. The van der Waals surface area contributed by atoms with Crippen LogP contribution < -0.4 is 9.64 Å². The number of nitrogens with zero attached hydrogens (tertiary/aromatic N) is 2. The van der Waals surface area contributed by atoms with E-state index in [1.807, 2.05) is 36.1 Å². The molecule has 0 atom stereocenters. The van der Waals surface area contributed by atoms with Gasteiger partial charge in [0.25, 0.3) is 5.91 Å². The number of aryl methyl sites for hydroxylation is 1. The van der Waals surface area contributed by atoms with Gasteiger partial charge in [-0.2, -0.15) is 4.37 Å². The Labute approximate surface area is 128 Å². The fourth-order valence-corrected chi connectivity index (χ4v) is 3.30. The van der Waals surface area contributed by atoms with E-state index in [4.69, 9.17) is 4.74 Å². The van der Waals surface area contributed by atoms with Crippen LogP contribution in [0.3, 0.4) is 0 Å². The second-order valence-electron chi connectivity index (χ2n) is 5.19. The summed E-state index contributed by atoms with van der Waals surface area (Å²) in [4.78, 5) is 15.7. The lowest BCUT2D eigenvalue weighted by Gasteiger charge is -2.23. The summed E-state index contributed by atoms with van der Waals surface area (Å²) in [7, 11) is 1.68. The lowest BCUT2D eigenvalue weighted by atomic mass is 10.1. The van der Waals surface area contributed by atoms with Crippen LogP contribution in [0.5, 0.6) is 5.75 Å². The van der Waals surface area contributed by atoms with Crippen molar-refractivity contribution in [1.82, 2.24) is 4.37 Å². The molecule has 3 rings (SSSR count). The maximum atomic E-state index is 12.8. The second-order valence-corrected chi connectivity index (χ2v) is 6.20. The van der Waals surface area contributed by atoms with Gasteiger partial charge < -0.3 is 9.64 Å². The average molecular weight is 302 g/mol. The Kier molecular flexibility index (Phi) is 3.92. The smallest absolute Gasteiger partial charge is 0.277 e. The number of methoxy groups -OCH3 is 1. The van der Waals surface area contributed by atoms with Crippen LogP contribution in [0.1, 0.15) is 33.8 Å². The number of amides is 1. The number of anilines is 1. The first-order valence-electron chi connectivity index (χ1n) is 7.12. The van der Waals surface area contributed by atoms with E-state index in [1.165, 1.54) is 11.5 Å². The minimum absolute atomic E-state index is 0.0178. The SMILES string of the molecule is COc1cccc2c1CCCCN2C(=O)c1cc(C)sn1. The normalized spacial score (nSPS) is 14.5. The molecule has 0 fully saturated rings. The van der Waals surface area contributed by atoms with E-state index in [9.17, 15) is 4.79 Å². The van der Waals surface area contributed by atoms with Crippen LogP contribution in [-0.2, 0) is 6.42 Å². The van der Waals surface area contributed by atoms with E-state index < -0.39 is 0 Å². The highest BCUT2D eigenvalue weighted by atomic mass is 32.1. The van der Waals surface area contributed by atoms with Crippen molar-refractivity contribution in [3.05, 3.63) is 40.4 Å². The molecule has 2 heterocycles. The Morgan fingerprint density at radius 2 is 2.24 bits per heavy atom. The Morgan fingerprint density at radius 1 is 1.38 bits per heavy atom. The molecule has 21 heavy (non-hydrogen) atoms. The molecule has 0 radical (unpaired) electrons. The third kappa shape index (κ3) is 2.65. The molecule has 0 aliphatic carbocycles. The number of carbonyl (C=O) groups is 1. The predicted octanol–water partition coefficient (Wildman–Crippen LogP) is 3.44. The third-order valence-corrected chi connectivity index (χ3v) is 4.46. The molecule has 0 unspecified atom stereocenters. The van der Waals surface area contributed by atoms with Crippen molar-refractivity contribution in [3.63, 3.8) is 0 Å². The summed E-state index contributed by atoms with van der Waals surface area (Å²) in [6.07, 6.45) is 3.00. The van der Waals surface area contributed by atoms with Crippen molar-refractivity contribution in [2.75, 3.05) is 18.6 Å². The van der Waals surface area contributed by atoms with Gasteiger partial charge in [0.05, 0.1) is 12.8 Å². The Morgan fingerprint density at radius 3 is 2.95 bits per heavy atom. The molecular formula is C16H18N2O2S. The lowest BCUT2D eigenvalue weighted by Crippen LogP contribution is -2.32. The molecule has 1 aliphatic rings. The van der Waals surface area contributed by atoms with Crippen LogP contribution >= 0.6 is 11.5 Å². The number of hydrogen-bond donors (Lipinski definition) is 0. The highest BCUT2D eigenvalue weighted by Crippen LogP contribution is 2.34. The number of hydrogen-bond acceptors (Lipinski definition) is 4. The molecule has 1 aromatic carbocycles. The molecule has 2 aromatic rings. The summed E-state index contributed by atoms with van der Waals surface area (Å²) in [5.41, 5.74) is 2.62. The average Bonchev–Trinajstić information content (AvgIpc) is 2.81. The van der Waals surface area contributed by atoms with Crippen LogP contribution in [0.4, 0.5) is 5.69 Å². The fraction of sp³-hybridized carbons (Fsp3) is 0.375. The van der Waals surface area contributed by atoms with Gasteiger partial charge >= 0.3 is 0 Å². The van der Waals surface area contributed by atoms with Gasteiger partial charge in [-0.25, -0.2) is 0 Å². The van der Waals surface area contributed by atoms with Gasteiger partial charge in [-0.05, 0) is 55.9 Å². The van der Waals surface area contributed by atoms with Crippen molar-refractivity contribution in [3.8, 4) is 5.75 Å². The first-order valence-corrected chi connectivity index (χ1v) is 7.89. The van der Waals surface area contributed by atoms with Gasteiger partial charge in [0.2, 0.25) is 0 Å². The Hall–Kier alpha value is -1.88. The summed E-state index contributed by atoms with van der Waals surface area (Å²) in [6.45, 7) is 2.70. The number of fused-ring (bicyclic) bond motifs is 1. The molecule has 0 saturated heterocycles. The van der Waals surface area contributed by atoms with E-state index in [1.54, 1.807) is 7.11 Å². The van der Waals surface area contributed by atoms with Crippen LogP contribution in [0, 0.1) is 6.92 Å². The van der Waals surface area contributed by atoms with Gasteiger partial charge in [0.15, 0.2) is 0 Å². The number of carbonyl (C=O) groups excluding carboxylic acids is 1. The quantitative estimate of drug-likeness (QED) is 0.853. The van der Waals surface area contributed by atoms with Crippen molar-refractivity contribution in [2.45, 2.75) is 26.2 Å². The second kappa shape index (κ2) is 5.85. The summed E-state index contributed by atoms with van der Waals surface area (Å²) < 4.78 is 9.71. The fourth-order valence-electron chi connectivity index (χ4n) is 2.76. The largest absolute Gasteiger partial charge is 0.496 e. The van der Waals surface area contributed by atoms with Crippen LogP contribution in [0.25, 0.3) is 0 Å². The molecule has 4 nitrogen and oxygen atoms in total. The van der Waals surface area contributed by atoms with Crippen molar-refractivity contribution >= 4 is 23.1 Å². The minimum atomic E-state index is -0.0178. The molecule has 0 N–H and O–H groups in total. The zero-order chi connectivity index (χ0) is 14.8. The standard InChI is InChI=1S/C16H18N2O2S/c1-11-10-13(17-21-11)16(19)18-9-4-3-6-12-14(18)7-5-8-15(12)20-2/h5,7-8,10H,3-4,6,9H2,1-2H3. The van der Waals surface area contributed by atoms with Crippen LogP contribution in [-0.4, -0.2) is 23.9 Å². The predicted molar refractivity (Wildman–Crippen MR) is 84.5 cm³/mol. The van der Waals surface area contributed by atoms with Crippen LogP contribution in [0.15, 0.2) is 24.3 Å². The van der Waals surface area contributed by atoms with Crippen molar-refractivity contribution < 1.29 is 9.53 Å². The first-order chi connectivity index (χ1) is 10.2. The van der Waals surface area contributed by atoms with Gasteiger partial charge in [0, 0.05) is 17.0 Å². The highest BCUT2D eigenvalue weighted by Gasteiger charge is 2.25. The number of aromatic nitrogens is 1. The Balaban J connectivity index is 2.02. The maximum absolute atomic E-state index is 12.8. The van der Waals surface area contributed by atoms with Gasteiger partial charge in [-0.1, -0.05) is 6.07 Å². The maximum Gasteiger partial charge on any atom is 0.277 e. The topological polar surface area (TPSA) is 42.4 Å². The summed E-state index contributed by atoms with van der Waals surface area (Å²) >= 11 is 1.37. The minimum Gasteiger partial charge on any atom is -0.496 e. The van der Waals surface area contributed by atoms with Gasteiger partial charge in [0.1, 0.15) is 11.4 Å². The Bertz CT molecular complexity index is 666. The molecule has 0 bridgehead atoms. The van der Waals surface area contributed by atoms with Crippen molar-refractivity contribution in [1.29, 1.82) is 0 Å². The van der Waals surface area contributed by atoms with Crippen molar-refractivity contribution in [2.24, 2.45) is 0 Å². The summed E-state index contributed by atoms with van der Waals surface area (Å²) in [6, 6.07) is 7.76. The van der Waals surface area contributed by atoms with Gasteiger partial charge in [-0.3, -0.25) is 4.79 Å². The zero-order valence-corrected chi connectivity index (χ0v) is 13.1. The highest BCUT2D eigenvalue weighted by molar-refractivity contribution is 7.05. The lowest BCUT2D eigenvalue weighted by molar-refractivity contribution is 0.0983. The number of ether oxygens (including phenoxy) is 1. The van der Waals surface area contributed by atoms with E-state index >= 15 is 0 Å². The first kappa shape index (κ1) is 14.1. The number of benzene rings is 1. The van der Waals surface area contributed by atoms with Crippen LogP contribution in [0.2, 0.25) is 0 Å². The number of rotatable bonds is 2. The monoisotopic (exact) mass is 302 g/mol. The summed E-state index contributed by atoms with van der Waals surface area (Å²) in [5.74, 6) is 0.845. The van der Waals surface area contributed by atoms with E-state index in [2.05, 4.69) is 4.37 Å². The molecule has 110 valence electrons. The molecule has 0 spiro atoms. The molecule has 1 aliphatic heterocycles. The van der Waals surface area contributed by atoms with E-state index in [0.717, 1.165) is 47.7 Å². The molecule has 0 saturated carbocycles. The molecule has 1 amide bonds. The van der Waals surface area contributed by atoms with Gasteiger partial charge in [-0.15, -0.1) is 0 Å².